The summed E-state index contributed by atoms with van der Waals surface area (Å²) in [6.07, 6.45) is 2.22. The molecule has 5 nitrogen and oxygen atoms in total. The van der Waals surface area contributed by atoms with E-state index in [1.165, 1.54) is 14.1 Å². The van der Waals surface area contributed by atoms with Gasteiger partial charge in [0, 0.05) is 20.6 Å². The van der Waals surface area contributed by atoms with E-state index in [-0.39, 0.29) is 0 Å². The molecular weight excluding hydrogens is 222 g/mol. The largest absolute Gasteiger partial charge is 0.393 e. The third-order valence-electron chi connectivity index (χ3n) is 1.62. The van der Waals surface area contributed by atoms with E-state index in [2.05, 4.69) is 4.72 Å². The van der Waals surface area contributed by atoms with E-state index in [4.69, 9.17) is 18.0 Å². The van der Waals surface area contributed by atoms with Crippen molar-refractivity contribution in [3.05, 3.63) is 0 Å². The first-order valence-electron chi connectivity index (χ1n) is 4.31. The van der Waals surface area contributed by atoms with Crippen molar-refractivity contribution in [2.75, 3.05) is 20.6 Å². The van der Waals surface area contributed by atoms with Crippen LogP contribution in [0.1, 0.15) is 19.3 Å². The van der Waals surface area contributed by atoms with Crippen LogP contribution in [0.5, 0.6) is 0 Å². The Kier molecular flexibility index (Phi) is 6.17. The van der Waals surface area contributed by atoms with Crippen LogP contribution in [0.3, 0.4) is 0 Å². The fourth-order valence-corrected chi connectivity index (χ4v) is 1.56. The second-order valence-electron chi connectivity index (χ2n) is 3.11. The Morgan fingerprint density at radius 3 is 2.43 bits per heavy atom. The van der Waals surface area contributed by atoms with Gasteiger partial charge in [0.15, 0.2) is 0 Å². The molecule has 84 valence electrons. The third kappa shape index (κ3) is 6.25. The quantitative estimate of drug-likeness (QED) is 0.478. The van der Waals surface area contributed by atoms with Crippen molar-refractivity contribution in [2.45, 2.75) is 19.3 Å². The zero-order valence-corrected chi connectivity index (χ0v) is 10.1. The average Bonchev–Trinajstić information content (AvgIpc) is 2.02. The molecule has 14 heavy (non-hydrogen) atoms. The highest BCUT2D eigenvalue weighted by molar-refractivity contribution is 7.87. The molecule has 0 atom stereocenters. The summed E-state index contributed by atoms with van der Waals surface area (Å²) in [6.45, 7) is 0.420. The molecule has 0 unspecified atom stereocenters. The fourth-order valence-electron chi connectivity index (χ4n) is 0.754. The van der Waals surface area contributed by atoms with Crippen LogP contribution in [-0.2, 0) is 10.2 Å². The van der Waals surface area contributed by atoms with Gasteiger partial charge in [-0.2, -0.15) is 12.7 Å². The summed E-state index contributed by atoms with van der Waals surface area (Å²) in [5.74, 6) is 0. The number of nitrogens with two attached hydrogens (primary N) is 1. The van der Waals surface area contributed by atoms with Crippen LogP contribution in [0.15, 0.2) is 0 Å². The van der Waals surface area contributed by atoms with Gasteiger partial charge in [-0.15, -0.1) is 0 Å². The number of nitrogens with zero attached hydrogens (tertiary/aromatic N) is 1. The predicted octanol–water partition coefficient (Wildman–Crippen LogP) is -0.161. The van der Waals surface area contributed by atoms with Gasteiger partial charge in [0.2, 0.25) is 0 Å². The van der Waals surface area contributed by atoms with Gasteiger partial charge in [0.05, 0.1) is 4.99 Å². The summed E-state index contributed by atoms with van der Waals surface area (Å²) in [5.41, 5.74) is 5.29. The maximum absolute atomic E-state index is 11.2. The maximum Gasteiger partial charge on any atom is 0.278 e. The molecule has 0 rings (SSSR count). The molecule has 0 fully saturated rings. The summed E-state index contributed by atoms with van der Waals surface area (Å²) in [4.78, 5) is 0.473. The maximum atomic E-state index is 11.2. The van der Waals surface area contributed by atoms with Crippen LogP contribution in [0, 0.1) is 0 Å². The number of hydrogen-bond donors (Lipinski definition) is 2. The number of hydrogen-bond acceptors (Lipinski definition) is 3. The highest BCUT2D eigenvalue weighted by atomic mass is 32.2. The van der Waals surface area contributed by atoms with Crippen LogP contribution < -0.4 is 10.5 Å². The van der Waals surface area contributed by atoms with Crippen molar-refractivity contribution < 1.29 is 8.42 Å². The Morgan fingerprint density at radius 1 is 1.43 bits per heavy atom. The van der Waals surface area contributed by atoms with Gasteiger partial charge in [0.25, 0.3) is 10.2 Å². The summed E-state index contributed by atoms with van der Waals surface area (Å²) < 4.78 is 26.0. The molecule has 0 aliphatic carbocycles. The lowest BCUT2D eigenvalue weighted by Crippen LogP contribution is -2.36. The van der Waals surface area contributed by atoms with E-state index in [1.807, 2.05) is 0 Å². The first kappa shape index (κ1) is 13.8. The van der Waals surface area contributed by atoms with Crippen LogP contribution in [0.25, 0.3) is 0 Å². The van der Waals surface area contributed by atoms with E-state index in [9.17, 15) is 8.42 Å². The molecule has 0 bridgehead atoms. The molecule has 0 saturated carbocycles. The molecule has 0 aliphatic heterocycles. The highest BCUT2D eigenvalue weighted by Gasteiger charge is 2.10. The van der Waals surface area contributed by atoms with Crippen LogP contribution >= 0.6 is 12.2 Å². The van der Waals surface area contributed by atoms with E-state index in [0.29, 0.717) is 18.0 Å². The van der Waals surface area contributed by atoms with Crippen LogP contribution in [-0.4, -0.2) is 38.4 Å². The lowest BCUT2D eigenvalue weighted by molar-refractivity contribution is 0.503. The fraction of sp³-hybridized carbons (Fsp3) is 0.857. The smallest absolute Gasteiger partial charge is 0.278 e. The zero-order valence-electron chi connectivity index (χ0n) is 8.49. The monoisotopic (exact) mass is 239 g/mol. The predicted molar refractivity (Wildman–Crippen MR) is 61.2 cm³/mol. The zero-order chi connectivity index (χ0) is 11.2. The number of thiocarbonyl (C=S) groups is 1. The van der Waals surface area contributed by atoms with Crippen molar-refractivity contribution in [1.29, 1.82) is 0 Å². The lowest BCUT2D eigenvalue weighted by Gasteiger charge is -2.11. The molecule has 0 radical (unpaired) electrons. The average molecular weight is 239 g/mol. The topological polar surface area (TPSA) is 75.4 Å². The molecule has 7 heteroatoms. The second kappa shape index (κ2) is 6.28. The molecule has 0 aromatic carbocycles. The first-order chi connectivity index (χ1) is 6.36. The molecule has 0 spiro atoms. The number of unbranched alkanes of at least 4 members (excludes halogenated alkanes) is 1. The molecule has 0 amide bonds. The van der Waals surface area contributed by atoms with Crippen molar-refractivity contribution in [2.24, 2.45) is 5.73 Å². The van der Waals surface area contributed by atoms with Gasteiger partial charge in [-0.05, 0) is 19.3 Å². The van der Waals surface area contributed by atoms with Gasteiger partial charge in [-0.1, -0.05) is 12.2 Å². The number of rotatable bonds is 7. The second-order valence-corrected chi connectivity index (χ2v) is 5.60. The minimum absolute atomic E-state index is 0.420. The molecule has 0 heterocycles. The van der Waals surface area contributed by atoms with E-state index < -0.39 is 10.2 Å². The van der Waals surface area contributed by atoms with Gasteiger partial charge in [0.1, 0.15) is 0 Å². The summed E-state index contributed by atoms with van der Waals surface area (Å²) in [7, 11) is -0.313. The van der Waals surface area contributed by atoms with Gasteiger partial charge >= 0.3 is 0 Å². The SMILES string of the molecule is CN(C)S(=O)(=O)NCCCCC(N)=S. The van der Waals surface area contributed by atoms with Gasteiger partial charge in [-0.3, -0.25) is 0 Å². The Labute approximate surface area is 90.8 Å². The number of nitrogens with one attached hydrogen (secondary N) is 1. The Morgan fingerprint density at radius 2 is 2.00 bits per heavy atom. The molecule has 0 aromatic rings. The lowest BCUT2D eigenvalue weighted by atomic mass is 10.2. The Hall–Kier alpha value is -0.240. The summed E-state index contributed by atoms with van der Waals surface area (Å²) >= 11 is 4.69. The van der Waals surface area contributed by atoms with Crippen molar-refractivity contribution in [3.8, 4) is 0 Å². The van der Waals surface area contributed by atoms with Crippen LogP contribution in [0.4, 0.5) is 0 Å². The van der Waals surface area contributed by atoms with Crippen molar-refractivity contribution in [1.82, 2.24) is 9.03 Å². The minimum atomic E-state index is -3.28. The van der Waals surface area contributed by atoms with Crippen LogP contribution in [0.2, 0.25) is 0 Å². The summed E-state index contributed by atoms with van der Waals surface area (Å²) in [6, 6.07) is 0. The normalized spacial score (nSPS) is 11.9. The molecule has 0 aliphatic rings. The minimum Gasteiger partial charge on any atom is -0.393 e. The van der Waals surface area contributed by atoms with Crippen molar-refractivity contribution in [3.63, 3.8) is 0 Å². The molecule has 3 N–H and O–H groups in total. The van der Waals surface area contributed by atoms with Crippen molar-refractivity contribution >= 4 is 27.4 Å². The van der Waals surface area contributed by atoms with Gasteiger partial charge in [-0.25, -0.2) is 4.72 Å². The molecule has 0 saturated heterocycles. The van der Waals surface area contributed by atoms with E-state index in [1.54, 1.807) is 0 Å². The third-order valence-corrected chi connectivity index (χ3v) is 3.35. The molecular formula is C7H17N3O2S2. The standard InChI is InChI=1S/C7H17N3O2S2/c1-10(2)14(11,12)9-6-4-3-5-7(8)13/h9H,3-6H2,1-2H3,(H2,8,13). The van der Waals surface area contributed by atoms with E-state index >= 15 is 0 Å². The highest BCUT2D eigenvalue weighted by Crippen LogP contribution is 1.95. The molecule has 0 aromatic heterocycles. The Balaban J connectivity index is 3.60. The Bertz CT molecular complexity index is 275. The summed E-state index contributed by atoms with van der Waals surface area (Å²) in [5, 5.41) is 0. The first-order valence-corrected chi connectivity index (χ1v) is 6.16. The van der Waals surface area contributed by atoms with E-state index in [0.717, 1.165) is 17.1 Å². The van der Waals surface area contributed by atoms with Gasteiger partial charge < -0.3 is 5.73 Å².